The standard InChI is InChI=1S/C36H28N3/c1-22-19-23(2)24(3)32(20-22)36-31-16-15-29-26(27(31)17-18-38(36)4)11-8-14-34(29)39-33-13-6-5-10-28(33)30-12-7-9-25(21-37)35(30)39/h5-20H,1-4H3/q+1. The summed E-state index contributed by atoms with van der Waals surface area (Å²) in [5, 5.41) is 17.1. The van der Waals surface area contributed by atoms with E-state index in [1.165, 1.54) is 44.1 Å². The molecule has 7 rings (SSSR count). The summed E-state index contributed by atoms with van der Waals surface area (Å²) in [4.78, 5) is 0. The van der Waals surface area contributed by atoms with E-state index < -0.39 is 0 Å². The zero-order valence-corrected chi connectivity index (χ0v) is 22.6. The summed E-state index contributed by atoms with van der Waals surface area (Å²) >= 11 is 0. The quantitative estimate of drug-likeness (QED) is 0.173. The Morgan fingerprint density at radius 2 is 1.41 bits per heavy atom. The summed E-state index contributed by atoms with van der Waals surface area (Å²) in [6.45, 7) is 6.58. The van der Waals surface area contributed by atoms with Crippen molar-refractivity contribution in [3.05, 3.63) is 119 Å². The molecule has 0 radical (unpaired) electrons. The number of aryl methyl sites for hydroxylation is 3. The zero-order chi connectivity index (χ0) is 26.8. The smallest absolute Gasteiger partial charge is 0.220 e. The van der Waals surface area contributed by atoms with Crippen LogP contribution in [-0.2, 0) is 7.05 Å². The van der Waals surface area contributed by atoms with Crippen LogP contribution in [0.15, 0.2) is 97.2 Å². The molecule has 0 N–H and O–H groups in total. The van der Waals surface area contributed by atoms with Crippen LogP contribution in [0.4, 0.5) is 0 Å². The fourth-order valence-electron chi connectivity index (χ4n) is 6.38. The van der Waals surface area contributed by atoms with Gasteiger partial charge in [0.15, 0.2) is 6.20 Å². The van der Waals surface area contributed by atoms with Crippen LogP contribution < -0.4 is 4.57 Å². The van der Waals surface area contributed by atoms with Gasteiger partial charge in [0.1, 0.15) is 13.1 Å². The number of nitrogens with zero attached hydrogens (tertiary/aromatic N) is 3. The molecule has 0 saturated carbocycles. The maximum Gasteiger partial charge on any atom is 0.220 e. The average Bonchev–Trinajstić information content (AvgIpc) is 3.29. The van der Waals surface area contributed by atoms with Crippen molar-refractivity contribution in [2.24, 2.45) is 7.05 Å². The third-order valence-corrected chi connectivity index (χ3v) is 8.28. The number of hydrogen-bond donors (Lipinski definition) is 0. The van der Waals surface area contributed by atoms with E-state index in [1.54, 1.807) is 0 Å². The molecule has 0 aliphatic carbocycles. The van der Waals surface area contributed by atoms with Gasteiger partial charge < -0.3 is 4.57 Å². The Labute approximate surface area is 227 Å². The summed E-state index contributed by atoms with van der Waals surface area (Å²) in [6.07, 6.45) is 2.18. The van der Waals surface area contributed by atoms with Gasteiger partial charge >= 0.3 is 0 Å². The van der Waals surface area contributed by atoms with Crippen molar-refractivity contribution in [1.29, 1.82) is 5.26 Å². The van der Waals surface area contributed by atoms with Gasteiger partial charge in [0.2, 0.25) is 5.69 Å². The van der Waals surface area contributed by atoms with Gasteiger partial charge in [0, 0.05) is 27.6 Å². The third kappa shape index (κ3) is 3.32. The molecule has 2 heterocycles. The van der Waals surface area contributed by atoms with Gasteiger partial charge in [-0.15, -0.1) is 0 Å². The maximum absolute atomic E-state index is 10.0. The van der Waals surface area contributed by atoms with Gasteiger partial charge in [0.05, 0.1) is 33.2 Å². The first-order valence-corrected chi connectivity index (χ1v) is 13.3. The van der Waals surface area contributed by atoms with E-state index in [1.807, 2.05) is 12.1 Å². The first kappa shape index (κ1) is 23.2. The summed E-state index contributed by atoms with van der Waals surface area (Å²) in [5.41, 5.74) is 10.2. The van der Waals surface area contributed by atoms with Crippen LogP contribution in [-0.4, -0.2) is 4.57 Å². The minimum absolute atomic E-state index is 0.682. The SMILES string of the molecule is Cc1cc(C)c(C)c(-c2c3ccc4c(-n5c6ccccc6c6cccc(C#N)c65)cccc4c3cc[n+]2C)c1. The molecule has 7 aromatic rings. The molecule has 39 heavy (non-hydrogen) atoms. The van der Waals surface area contributed by atoms with Crippen molar-refractivity contribution in [3.63, 3.8) is 0 Å². The number of fused-ring (bicyclic) bond motifs is 6. The highest BCUT2D eigenvalue weighted by molar-refractivity contribution is 6.16. The monoisotopic (exact) mass is 502 g/mol. The lowest BCUT2D eigenvalue weighted by molar-refractivity contribution is -0.659. The summed E-state index contributed by atoms with van der Waals surface area (Å²) < 4.78 is 4.51. The third-order valence-electron chi connectivity index (χ3n) is 8.28. The molecule has 0 spiro atoms. The van der Waals surface area contributed by atoms with E-state index in [2.05, 4.69) is 128 Å². The van der Waals surface area contributed by atoms with Gasteiger partial charge in [-0.3, -0.25) is 0 Å². The molecule has 0 aliphatic rings. The molecule has 3 heteroatoms. The second-order valence-corrected chi connectivity index (χ2v) is 10.6. The van der Waals surface area contributed by atoms with Crippen molar-refractivity contribution >= 4 is 43.4 Å². The highest BCUT2D eigenvalue weighted by Crippen LogP contribution is 2.39. The Hall–Kier alpha value is -4.94. The normalized spacial score (nSPS) is 11.6. The lowest BCUT2D eigenvalue weighted by atomic mass is 9.93. The van der Waals surface area contributed by atoms with Gasteiger partial charge in [-0.2, -0.15) is 5.26 Å². The van der Waals surface area contributed by atoms with Gasteiger partial charge in [-0.05, 0) is 67.6 Å². The molecule has 0 amide bonds. The van der Waals surface area contributed by atoms with Crippen molar-refractivity contribution < 1.29 is 4.57 Å². The predicted molar refractivity (Wildman–Crippen MR) is 161 cm³/mol. The Morgan fingerprint density at radius 1 is 0.692 bits per heavy atom. The molecule has 0 fully saturated rings. The number of hydrogen-bond acceptors (Lipinski definition) is 1. The number of para-hydroxylation sites is 2. The Kier molecular flexibility index (Phi) is 5.08. The number of nitriles is 1. The number of rotatable bonds is 2. The van der Waals surface area contributed by atoms with E-state index in [0.29, 0.717) is 5.56 Å². The lowest BCUT2D eigenvalue weighted by Gasteiger charge is -2.15. The topological polar surface area (TPSA) is 32.6 Å². The van der Waals surface area contributed by atoms with Crippen LogP contribution in [0.3, 0.4) is 0 Å². The molecule has 0 bridgehead atoms. The van der Waals surface area contributed by atoms with Gasteiger partial charge in [-0.25, -0.2) is 4.57 Å². The van der Waals surface area contributed by atoms with E-state index in [0.717, 1.165) is 32.9 Å². The van der Waals surface area contributed by atoms with E-state index in [-0.39, 0.29) is 0 Å². The highest BCUT2D eigenvalue weighted by Gasteiger charge is 2.21. The predicted octanol–water partition coefficient (Wildman–Crippen LogP) is 8.38. The number of pyridine rings is 1. The number of aromatic nitrogens is 2. The molecule has 0 aliphatic heterocycles. The van der Waals surface area contributed by atoms with Crippen molar-refractivity contribution in [3.8, 4) is 23.0 Å². The van der Waals surface area contributed by atoms with Gasteiger partial charge in [-0.1, -0.05) is 60.2 Å². The Bertz CT molecular complexity index is 2170. The van der Waals surface area contributed by atoms with Crippen LogP contribution in [0.2, 0.25) is 0 Å². The fourth-order valence-corrected chi connectivity index (χ4v) is 6.38. The molecular weight excluding hydrogens is 474 g/mol. The van der Waals surface area contributed by atoms with E-state index >= 15 is 0 Å². The Morgan fingerprint density at radius 3 is 2.26 bits per heavy atom. The van der Waals surface area contributed by atoms with Crippen molar-refractivity contribution in [2.75, 3.05) is 0 Å². The summed E-state index contributed by atoms with van der Waals surface area (Å²) in [5.74, 6) is 0. The molecule has 2 aromatic heterocycles. The highest BCUT2D eigenvalue weighted by atomic mass is 15.0. The molecule has 5 aromatic carbocycles. The van der Waals surface area contributed by atoms with Crippen LogP contribution in [0, 0.1) is 32.1 Å². The molecule has 0 saturated heterocycles. The second kappa shape index (κ2) is 8.55. The van der Waals surface area contributed by atoms with E-state index in [9.17, 15) is 5.26 Å². The van der Waals surface area contributed by atoms with Gasteiger partial charge in [0.25, 0.3) is 0 Å². The van der Waals surface area contributed by atoms with Crippen LogP contribution in [0.5, 0.6) is 0 Å². The molecule has 0 atom stereocenters. The second-order valence-electron chi connectivity index (χ2n) is 10.6. The molecular formula is C36H28N3+. The molecule has 3 nitrogen and oxygen atoms in total. The Balaban J connectivity index is 1.60. The fraction of sp³-hybridized carbons (Fsp3) is 0.111. The molecule has 0 unspecified atom stereocenters. The van der Waals surface area contributed by atoms with E-state index in [4.69, 9.17) is 0 Å². The maximum atomic E-state index is 10.0. The largest absolute Gasteiger partial charge is 0.307 e. The molecule has 186 valence electrons. The van der Waals surface area contributed by atoms with Crippen LogP contribution >= 0.6 is 0 Å². The van der Waals surface area contributed by atoms with Crippen LogP contribution in [0.25, 0.3) is 60.3 Å². The first-order chi connectivity index (χ1) is 19.0. The van der Waals surface area contributed by atoms with Crippen molar-refractivity contribution in [1.82, 2.24) is 4.57 Å². The first-order valence-electron chi connectivity index (χ1n) is 13.3. The zero-order valence-electron chi connectivity index (χ0n) is 22.6. The van der Waals surface area contributed by atoms with Crippen LogP contribution in [0.1, 0.15) is 22.3 Å². The summed E-state index contributed by atoms with van der Waals surface area (Å²) in [6, 6.07) is 34.7. The lowest BCUT2D eigenvalue weighted by Crippen LogP contribution is -2.30. The minimum Gasteiger partial charge on any atom is -0.307 e. The van der Waals surface area contributed by atoms with Crippen molar-refractivity contribution in [2.45, 2.75) is 20.8 Å². The summed E-state index contributed by atoms with van der Waals surface area (Å²) in [7, 11) is 2.13. The minimum atomic E-state index is 0.682. The number of benzene rings is 5. The average molecular weight is 503 g/mol.